The smallest absolute Gasteiger partial charge is 0.0582 e. The summed E-state index contributed by atoms with van der Waals surface area (Å²) in [5.74, 6) is 0. The average Bonchev–Trinajstić information content (AvgIpc) is 2.73. The number of hydrogen-bond donors (Lipinski definition) is 3. The first-order valence-electron chi connectivity index (χ1n) is 5.72. The summed E-state index contributed by atoms with van der Waals surface area (Å²) in [5.41, 5.74) is 8.19. The third kappa shape index (κ3) is 2.43. The summed E-state index contributed by atoms with van der Waals surface area (Å²) >= 11 is 0. The van der Waals surface area contributed by atoms with Crippen LogP contribution in [-0.4, -0.2) is 22.7 Å². The van der Waals surface area contributed by atoms with Crippen LogP contribution in [0.3, 0.4) is 0 Å². The maximum absolute atomic E-state index is 8.83. The number of nitrogens with two attached hydrogens (primary N) is 1. The molecule has 0 aliphatic heterocycles. The Morgan fingerprint density at radius 1 is 1.31 bits per heavy atom. The monoisotopic (exact) mass is 218 g/mol. The second-order valence-corrected chi connectivity index (χ2v) is 4.19. The highest BCUT2D eigenvalue weighted by atomic mass is 16.3. The van der Waals surface area contributed by atoms with E-state index in [9.17, 15) is 0 Å². The van der Waals surface area contributed by atoms with Gasteiger partial charge in [-0.3, -0.25) is 0 Å². The molecule has 3 nitrogen and oxygen atoms in total. The van der Waals surface area contributed by atoms with Crippen LogP contribution in [0.1, 0.15) is 18.4 Å². The third-order valence-electron chi connectivity index (χ3n) is 2.93. The molecule has 2 aromatic rings. The van der Waals surface area contributed by atoms with Crippen LogP contribution < -0.4 is 5.73 Å². The van der Waals surface area contributed by atoms with Gasteiger partial charge >= 0.3 is 0 Å². The average molecular weight is 218 g/mol. The lowest BCUT2D eigenvalue weighted by atomic mass is 10.0. The molecule has 0 bridgehead atoms. The molecule has 1 aromatic carbocycles. The predicted octanol–water partition coefficient (Wildman–Crippen LogP) is 1.81. The van der Waals surface area contributed by atoms with Crippen LogP contribution in [0.4, 0.5) is 0 Å². The van der Waals surface area contributed by atoms with Crippen molar-refractivity contribution < 1.29 is 5.11 Å². The minimum atomic E-state index is -0.0785. The Balaban J connectivity index is 1.99. The lowest BCUT2D eigenvalue weighted by Gasteiger charge is -2.06. The van der Waals surface area contributed by atoms with E-state index in [4.69, 9.17) is 10.8 Å². The molecule has 1 atom stereocenters. The van der Waals surface area contributed by atoms with Gasteiger partial charge in [-0.15, -0.1) is 0 Å². The largest absolute Gasteiger partial charge is 0.395 e. The summed E-state index contributed by atoms with van der Waals surface area (Å²) in [6.45, 7) is 0.0773. The van der Waals surface area contributed by atoms with E-state index in [2.05, 4.69) is 29.4 Å². The number of rotatable bonds is 5. The van der Waals surface area contributed by atoms with E-state index in [1.54, 1.807) is 0 Å². The molecule has 0 saturated heterocycles. The van der Waals surface area contributed by atoms with Gasteiger partial charge in [0, 0.05) is 23.1 Å². The fraction of sp³-hybridized carbons (Fsp3) is 0.385. The number of aryl methyl sites for hydroxylation is 1. The number of aliphatic hydroxyl groups excluding tert-OH is 1. The van der Waals surface area contributed by atoms with Gasteiger partial charge in [-0.25, -0.2) is 0 Å². The molecular weight excluding hydrogens is 200 g/mol. The molecule has 1 unspecified atom stereocenters. The summed E-state index contributed by atoms with van der Waals surface area (Å²) in [6, 6.07) is 8.22. The third-order valence-corrected chi connectivity index (χ3v) is 2.93. The molecule has 4 N–H and O–H groups in total. The molecule has 0 fully saturated rings. The van der Waals surface area contributed by atoms with E-state index >= 15 is 0 Å². The molecule has 0 spiro atoms. The second-order valence-electron chi connectivity index (χ2n) is 4.19. The van der Waals surface area contributed by atoms with Crippen LogP contribution in [0.2, 0.25) is 0 Å². The van der Waals surface area contributed by atoms with Crippen molar-refractivity contribution in [3.63, 3.8) is 0 Å². The van der Waals surface area contributed by atoms with Crippen LogP contribution in [0.5, 0.6) is 0 Å². The van der Waals surface area contributed by atoms with Crippen molar-refractivity contribution in [2.24, 2.45) is 5.73 Å². The molecule has 16 heavy (non-hydrogen) atoms. The SMILES string of the molecule is NC(CO)CCCc1c[nH]c2ccccc12. The first-order valence-corrected chi connectivity index (χ1v) is 5.72. The molecule has 2 rings (SSSR count). The summed E-state index contributed by atoms with van der Waals surface area (Å²) in [4.78, 5) is 3.26. The minimum Gasteiger partial charge on any atom is -0.395 e. The summed E-state index contributed by atoms with van der Waals surface area (Å²) in [6.07, 6.45) is 4.96. The van der Waals surface area contributed by atoms with Gasteiger partial charge in [0.15, 0.2) is 0 Å². The number of para-hydroxylation sites is 1. The van der Waals surface area contributed by atoms with Crippen molar-refractivity contribution in [3.8, 4) is 0 Å². The summed E-state index contributed by atoms with van der Waals surface area (Å²) in [5, 5.41) is 10.1. The Bertz CT molecular complexity index is 450. The lowest BCUT2D eigenvalue weighted by molar-refractivity contribution is 0.258. The fourth-order valence-corrected chi connectivity index (χ4v) is 1.98. The Morgan fingerprint density at radius 3 is 2.94 bits per heavy atom. The Labute approximate surface area is 95.3 Å². The second kappa shape index (κ2) is 5.14. The zero-order chi connectivity index (χ0) is 11.4. The molecule has 86 valence electrons. The number of benzene rings is 1. The van der Waals surface area contributed by atoms with Crippen molar-refractivity contribution in [1.82, 2.24) is 4.98 Å². The Hall–Kier alpha value is -1.32. The number of aromatic amines is 1. The molecule has 1 heterocycles. The number of aromatic nitrogens is 1. The molecule has 3 heteroatoms. The number of H-pyrrole nitrogens is 1. The predicted molar refractivity (Wildman–Crippen MR) is 66.3 cm³/mol. The Morgan fingerprint density at radius 2 is 2.12 bits per heavy atom. The molecule has 0 saturated carbocycles. The van der Waals surface area contributed by atoms with Crippen LogP contribution in [0.25, 0.3) is 10.9 Å². The maximum Gasteiger partial charge on any atom is 0.0582 e. The van der Waals surface area contributed by atoms with Crippen LogP contribution in [0.15, 0.2) is 30.5 Å². The standard InChI is InChI=1S/C13H18N2O/c14-11(9-16)5-3-4-10-8-15-13-7-2-1-6-12(10)13/h1-2,6-8,11,15-16H,3-5,9,14H2. The topological polar surface area (TPSA) is 62.0 Å². The quantitative estimate of drug-likeness (QED) is 0.716. The molecule has 0 amide bonds. The highest BCUT2D eigenvalue weighted by molar-refractivity contribution is 5.82. The number of hydrogen-bond acceptors (Lipinski definition) is 2. The van der Waals surface area contributed by atoms with Crippen molar-refractivity contribution in [2.45, 2.75) is 25.3 Å². The normalized spacial score (nSPS) is 13.1. The van der Waals surface area contributed by atoms with E-state index in [0.717, 1.165) is 19.3 Å². The summed E-state index contributed by atoms with van der Waals surface area (Å²) < 4.78 is 0. The van der Waals surface area contributed by atoms with Gasteiger partial charge in [-0.05, 0) is 30.9 Å². The minimum absolute atomic E-state index is 0.0773. The maximum atomic E-state index is 8.83. The fourth-order valence-electron chi connectivity index (χ4n) is 1.98. The van der Waals surface area contributed by atoms with E-state index in [0.29, 0.717) is 0 Å². The van der Waals surface area contributed by atoms with Gasteiger partial charge in [0.25, 0.3) is 0 Å². The molecule has 0 aliphatic carbocycles. The number of aliphatic hydroxyl groups is 1. The zero-order valence-corrected chi connectivity index (χ0v) is 9.32. The van der Waals surface area contributed by atoms with Crippen molar-refractivity contribution in [3.05, 3.63) is 36.0 Å². The van der Waals surface area contributed by atoms with Gasteiger partial charge in [-0.2, -0.15) is 0 Å². The van der Waals surface area contributed by atoms with E-state index < -0.39 is 0 Å². The van der Waals surface area contributed by atoms with E-state index in [1.165, 1.54) is 16.5 Å². The first kappa shape index (κ1) is 11.2. The van der Waals surface area contributed by atoms with Gasteiger partial charge in [0.05, 0.1) is 6.61 Å². The highest BCUT2D eigenvalue weighted by Crippen LogP contribution is 2.19. The first-order chi connectivity index (χ1) is 7.81. The van der Waals surface area contributed by atoms with Crippen molar-refractivity contribution >= 4 is 10.9 Å². The van der Waals surface area contributed by atoms with Crippen molar-refractivity contribution in [1.29, 1.82) is 0 Å². The van der Waals surface area contributed by atoms with Gasteiger partial charge in [-0.1, -0.05) is 18.2 Å². The van der Waals surface area contributed by atoms with Crippen LogP contribution in [-0.2, 0) is 6.42 Å². The summed E-state index contributed by atoms with van der Waals surface area (Å²) in [7, 11) is 0. The van der Waals surface area contributed by atoms with Crippen molar-refractivity contribution in [2.75, 3.05) is 6.61 Å². The highest BCUT2D eigenvalue weighted by Gasteiger charge is 2.04. The molecular formula is C13H18N2O. The van der Waals surface area contributed by atoms with Gasteiger partial charge < -0.3 is 15.8 Å². The zero-order valence-electron chi connectivity index (χ0n) is 9.32. The molecule has 1 aromatic heterocycles. The number of nitrogens with one attached hydrogen (secondary N) is 1. The molecule has 0 aliphatic rings. The van der Waals surface area contributed by atoms with Gasteiger partial charge in [0.2, 0.25) is 0 Å². The van der Waals surface area contributed by atoms with Gasteiger partial charge in [0.1, 0.15) is 0 Å². The van der Waals surface area contributed by atoms with E-state index in [-0.39, 0.29) is 12.6 Å². The molecule has 0 radical (unpaired) electrons. The number of fused-ring (bicyclic) bond motifs is 1. The lowest BCUT2D eigenvalue weighted by Crippen LogP contribution is -2.24. The van der Waals surface area contributed by atoms with Crippen LogP contribution in [0, 0.1) is 0 Å². The van der Waals surface area contributed by atoms with E-state index in [1.807, 2.05) is 6.07 Å². The van der Waals surface area contributed by atoms with Crippen LogP contribution >= 0.6 is 0 Å². The Kier molecular flexibility index (Phi) is 3.59.